The maximum atomic E-state index is 12.2. The van der Waals surface area contributed by atoms with E-state index in [9.17, 15) is 9.90 Å². The summed E-state index contributed by atoms with van der Waals surface area (Å²) >= 11 is 0. The quantitative estimate of drug-likeness (QED) is 0.752. The number of nitrogens with one attached hydrogen (secondary N) is 2. The molecule has 0 unspecified atom stereocenters. The van der Waals surface area contributed by atoms with Crippen LogP contribution in [0.1, 0.15) is 34.2 Å². The summed E-state index contributed by atoms with van der Waals surface area (Å²) in [6, 6.07) is 1.45. The van der Waals surface area contributed by atoms with Gasteiger partial charge in [0, 0.05) is 23.7 Å². The molecular weight excluding hydrogens is 258 g/mol. The van der Waals surface area contributed by atoms with Gasteiger partial charge in [0.1, 0.15) is 0 Å². The van der Waals surface area contributed by atoms with Crippen molar-refractivity contribution in [1.29, 1.82) is 0 Å². The average molecular weight is 275 g/mol. The summed E-state index contributed by atoms with van der Waals surface area (Å²) in [4.78, 5) is 12.2. The molecule has 0 aliphatic heterocycles. The van der Waals surface area contributed by atoms with E-state index in [4.69, 9.17) is 0 Å². The van der Waals surface area contributed by atoms with Crippen molar-refractivity contribution >= 4 is 5.91 Å². The zero-order valence-electron chi connectivity index (χ0n) is 11.4. The van der Waals surface area contributed by atoms with Crippen molar-refractivity contribution in [3.05, 3.63) is 35.4 Å². The van der Waals surface area contributed by atoms with E-state index in [1.54, 1.807) is 23.1 Å². The highest BCUT2D eigenvalue weighted by molar-refractivity contribution is 5.94. The third-order valence-electron chi connectivity index (χ3n) is 3.92. The number of hydrogen-bond acceptors (Lipinski definition) is 4. The molecule has 1 aliphatic rings. The normalized spacial score (nSPS) is 25.2. The van der Waals surface area contributed by atoms with Crippen LogP contribution < -0.4 is 5.32 Å². The number of rotatable bonds is 3. The third kappa shape index (κ3) is 2.00. The molecule has 1 fully saturated rings. The fourth-order valence-electron chi connectivity index (χ4n) is 2.52. The molecule has 7 heteroatoms. The van der Waals surface area contributed by atoms with Gasteiger partial charge in [-0.3, -0.25) is 14.6 Å². The molecular formula is C13H17N5O2. The minimum atomic E-state index is -0.484. The minimum Gasteiger partial charge on any atom is -0.391 e. The van der Waals surface area contributed by atoms with Gasteiger partial charge < -0.3 is 10.4 Å². The molecule has 0 saturated heterocycles. The van der Waals surface area contributed by atoms with Crippen molar-refractivity contribution in [2.75, 3.05) is 0 Å². The average Bonchev–Trinajstić information content (AvgIpc) is 3.01. The molecule has 3 N–H and O–H groups in total. The molecule has 3 atom stereocenters. The van der Waals surface area contributed by atoms with Gasteiger partial charge in [0.2, 0.25) is 0 Å². The molecule has 2 aromatic heterocycles. The first-order chi connectivity index (χ1) is 9.58. The van der Waals surface area contributed by atoms with Gasteiger partial charge >= 0.3 is 0 Å². The second kappa shape index (κ2) is 4.75. The van der Waals surface area contributed by atoms with Crippen LogP contribution in [0.2, 0.25) is 0 Å². The summed E-state index contributed by atoms with van der Waals surface area (Å²) in [5.74, 6) is -0.221. The molecule has 3 rings (SSSR count). The monoisotopic (exact) mass is 275 g/mol. The van der Waals surface area contributed by atoms with Gasteiger partial charge in [-0.2, -0.15) is 10.2 Å². The van der Waals surface area contributed by atoms with Crippen LogP contribution in [-0.2, 0) is 0 Å². The smallest absolute Gasteiger partial charge is 0.272 e. The first-order valence-corrected chi connectivity index (χ1v) is 6.57. The molecule has 20 heavy (non-hydrogen) atoms. The number of carbonyl (C=O) groups is 1. The number of nitrogens with zero attached hydrogens (tertiary/aromatic N) is 3. The first-order valence-electron chi connectivity index (χ1n) is 6.57. The molecule has 2 heterocycles. The summed E-state index contributed by atoms with van der Waals surface area (Å²) in [6.45, 7) is 3.73. The molecule has 1 saturated carbocycles. The van der Waals surface area contributed by atoms with E-state index in [1.807, 2.05) is 13.8 Å². The number of aliphatic hydroxyl groups excluding tert-OH is 1. The van der Waals surface area contributed by atoms with Crippen LogP contribution in [0, 0.1) is 13.8 Å². The second-order valence-corrected chi connectivity index (χ2v) is 5.18. The topological polar surface area (TPSA) is 95.8 Å². The van der Waals surface area contributed by atoms with Gasteiger partial charge in [-0.15, -0.1) is 0 Å². The number of aromatic nitrogens is 4. The largest absolute Gasteiger partial charge is 0.391 e. The van der Waals surface area contributed by atoms with Gasteiger partial charge in [-0.1, -0.05) is 0 Å². The molecule has 0 bridgehead atoms. The maximum absolute atomic E-state index is 12.2. The number of amides is 1. The van der Waals surface area contributed by atoms with Crippen LogP contribution in [-0.4, -0.2) is 43.1 Å². The van der Waals surface area contributed by atoms with Gasteiger partial charge in [-0.25, -0.2) is 0 Å². The zero-order chi connectivity index (χ0) is 14.3. The molecule has 2 aromatic rings. The lowest BCUT2D eigenvalue weighted by molar-refractivity contribution is -0.00596. The van der Waals surface area contributed by atoms with Crippen LogP contribution in [0.3, 0.4) is 0 Å². The number of aromatic amines is 1. The fourth-order valence-corrected chi connectivity index (χ4v) is 2.52. The lowest BCUT2D eigenvalue weighted by Crippen LogP contribution is -2.56. The summed E-state index contributed by atoms with van der Waals surface area (Å²) in [5.41, 5.74) is 2.13. The molecule has 0 spiro atoms. The van der Waals surface area contributed by atoms with E-state index < -0.39 is 6.10 Å². The molecule has 106 valence electrons. The van der Waals surface area contributed by atoms with E-state index in [-0.39, 0.29) is 18.0 Å². The number of carbonyl (C=O) groups excluding carboxylic acids is 1. The van der Waals surface area contributed by atoms with E-state index in [0.717, 1.165) is 11.3 Å². The third-order valence-corrected chi connectivity index (χ3v) is 3.92. The van der Waals surface area contributed by atoms with Gasteiger partial charge in [0.05, 0.1) is 18.2 Å². The Bertz CT molecular complexity index is 619. The fraction of sp³-hybridized carbons (Fsp3) is 0.462. The van der Waals surface area contributed by atoms with E-state index >= 15 is 0 Å². The van der Waals surface area contributed by atoms with Crippen LogP contribution >= 0.6 is 0 Å². The van der Waals surface area contributed by atoms with Gasteiger partial charge in [0.15, 0.2) is 5.69 Å². The Kier molecular flexibility index (Phi) is 3.06. The Labute approximate surface area is 116 Å². The number of aliphatic hydroxyl groups is 1. The predicted octanol–water partition coefficient (Wildman–Crippen LogP) is 0.327. The Balaban J connectivity index is 1.72. The van der Waals surface area contributed by atoms with Crippen LogP contribution in [0.4, 0.5) is 0 Å². The molecule has 1 aliphatic carbocycles. The van der Waals surface area contributed by atoms with E-state index in [2.05, 4.69) is 20.6 Å². The minimum absolute atomic E-state index is 0.131. The van der Waals surface area contributed by atoms with Gasteiger partial charge in [0.25, 0.3) is 5.91 Å². The van der Waals surface area contributed by atoms with Crippen molar-refractivity contribution in [1.82, 2.24) is 25.3 Å². The highest BCUT2D eigenvalue weighted by Gasteiger charge is 2.43. The lowest BCUT2D eigenvalue weighted by Gasteiger charge is -2.41. The van der Waals surface area contributed by atoms with Crippen molar-refractivity contribution in [2.45, 2.75) is 38.5 Å². The van der Waals surface area contributed by atoms with E-state index in [1.165, 1.54) is 0 Å². The molecule has 7 nitrogen and oxygen atoms in total. The van der Waals surface area contributed by atoms with Crippen LogP contribution in [0.5, 0.6) is 0 Å². The molecule has 1 amide bonds. The Morgan fingerprint density at radius 3 is 2.90 bits per heavy atom. The standard InChI is InChI=1S/C13H17N5O2/c1-7-8(2)16-17-11(7)13(20)15-9-6-10(19)12(9)18-5-3-4-14-18/h3-5,9-10,12,19H,6H2,1-2H3,(H,15,20)(H,16,17)/t9-,10+,12+/m0/s1. The Morgan fingerprint density at radius 2 is 2.35 bits per heavy atom. The SMILES string of the molecule is Cc1[nH]nc(C(=O)N[C@H]2C[C@@H](O)[C@@H]2n2cccn2)c1C. The first kappa shape index (κ1) is 12.9. The summed E-state index contributed by atoms with van der Waals surface area (Å²) < 4.78 is 1.68. The highest BCUT2D eigenvalue weighted by Crippen LogP contribution is 2.32. The molecule has 0 aromatic carbocycles. The second-order valence-electron chi connectivity index (χ2n) is 5.18. The van der Waals surface area contributed by atoms with Crippen LogP contribution in [0.25, 0.3) is 0 Å². The molecule has 0 radical (unpaired) electrons. The number of hydrogen-bond donors (Lipinski definition) is 3. The van der Waals surface area contributed by atoms with Crippen molar-refractivity contribution in [2.24, 2.45) is 0 Å². The number of aryl methyl sites for hydroxylation is 1. The summed E-state index contributed by atoms with van der Waals surface area (Å²) in [7, 11) is 0. The van der Waals surface area contributed by atoms with E-state index in [0.29, 0.717) is 12.1 Å². The van der Waals surface area contributed by atoms with Crippen molar-refractivity contribution in [3.63, 3.8) is 0 Å². The summed E-state index contributed by atoms with van der Waals surface area (Å²) in [6.07, 6.45) is 3.49. The van der Waals surface area contributed by atoms with Crippen LogP contribution in [0.15, 0.2) is 18.5 Å². The predicted molar refractivity (Wildman–Crippen MR) is 71.2 cm³/mol. The van der Waals surface area contributed by atoms with Crippen molar-refractivity contribution in [3.8, 4) is 0 Å². The lowest BCUT2D eigenvalue weighted by atomic mass is 9.83. The zero-order valence-corrected chi connectivity index (χ0v) is 11.4. The van der Waals surface area contributed by atoms with Gasteiger partial charge in [-0.05, 0) is 26.3 Å². The highest BCUT2D eigenvalue weighted by atomic mass is 16.3. The van der Waals surface area contributed by atoms with Crippen molar-refractivity contribution < 1.29 is 9.90 Å². The Hall–Kier alpha value is -2.15. The summed E-state index contributed by atoms with van der Waals surface area (Å²) in [5, 5.41) is 23.7. The maximum Gasteiger partial charge on any atom is 0.272 e. The number of H-pyrrole nitrogens is 1. The Morgan fingerprint density at radius 1 is 1.55 bits per heavy atom.